The van der Waals surface area contributed by atoms with Gasteiger partial charge in [0.15, 0.2) is 0 Å². The van der Waals surface area contributed by atoms with E-state index in [2.05, 4.69) is 0 Å². The fourth-order valence-corrected chi connectivity index (χ4v) is 3.41. The van der Waals surface area contributed by atoms with Crippen LogP contribution in [0.2, 0.25) is 0 Å². The van der Waals surface area contributed by atoms with Gasteiger partial charge in [0.1, 0.15) is 0 Å². The standard InChI is InChI=1S/C13H22F3NO/c14-13(15,16)7-4-8-18-11-9-10(17)12(11)5-2-1-3-6-12/h10-11H,1-9,17H2. The fraction of sp³-hybridized carbons (Fsp3) is 1.00. The molecule has 2 N–H and O–H groups in total. The Morgan fingerprint density at radius 2 is 1.83 bits per heavy atom. The summed E-state index contributed by atoms with van der Waals surface area (Å²) < 4.78 is 41.7. The van der Waals surface area contributed by atoms with Crippen LogP contribution in [0.3, 0.4) is 0 Å². The van der Waals surface area contributed by atoms with E-state index < -0.39 is 12.6 Å². The fourth-order valence-electron chi connectivity index (χ4n) is 3.41. The van der Waals surface area contributed by atoms with Crippen molar-refractivity contribution in [1.82, 2.24) is 0 Å². The number of alkyl halides is 3. The van der Waals surface area contributed by atoms with Crippen LogP contribution in [-0.2, 0) is 4.74 Å². The van der Waals surface area contributed by atoms with Gasteiger partial charge >= 0.3 is 6.18 Å². The zero-order valence-corrected chi connectivity index (χ0v) is 10.6. The number of halogens is 3. The first kappa shape index (κ1) is 14.1. The minimum Gasteiger partial charge on any atom is -0.378 e. The molecule has 2 nitrogen and oxygen atoms in total. The molecule has 2 fully saturated rings. The molecule has 2 unspecified atom stereocenters. The molecule has 0 aliphatic heterocycles. The highest BCUT2D eigenvalue weighted by Gasteiger charge is 2.53. The number of hydrogen-bond acceptors (Lipinski definition) is 2. The SMILES string of the molecule is NC1CC(OCCCC(F)(F)F)C12CCCCC2. The van der Waals surface area contributed by atoms with Crippen LogP contribution < -0.4 is 5.73 Å². The summed E-state index contributed by atoms with van der Waals surface area (Å²) in [6.45, 7) is 0.207. The number of rotatable bonds is 4. The minimum atomic E-state index is -4.07. The molecular formula is C13H22F3NO. The van der Waals surface area contributed by atoms with Gasteiger partial charge in [0.25, 0.3) is 0 Å². The lowest BCUT2D eigenvalue weighted by Crippen LogP contribution is -2.63. The Morgan fingerprint density at radius 3 is 2.39 bits per heavy atom. The van der Waals surface area contributed by atoms with Gasteiger partial charge in [-0.3, -0.25) is 0 Å². The highest BCUT2D eigenvalue weighted by Crippen LogP contribution is 2.52. The molecule has 0 radical (unpaired) electrons. The van der Waals surface area contributed by atoms with E-state index in [0.29, 0.717) is 0 Å². The van der Waals surface area contributed by atoms with Crippen molar-refractivity contribution in [2.24, 2.45) is 11.1 Å². The molecule has 106 valence electrons. The monoisotopic (exact) mass is 265 g/mol. The smallest absolute Gasteiger partial charge is 0.378 e. The van der Waals surface area contributed by atoms with E-state index in [9.17, 15) is 13.2 Å². The lowest BCUT2D eigenvalue weighted by Gasteiger charge is -2.56. The molecule has 2 aliphatic rings. The Bertz CT molecular complexity index is 274. The Morgan fingerprint density at radius 1 is 1.17 bits per heavy atom. The predicted molar refractivity (Wildman–Crippen MR) is 63.1 cm³/mol. The van der Waals surface area contributed by atoms with Gasteiger partial charge in [0.05, 0.1) is 6.10 Å². The second-order valence-corrected chi connectivity index (χ2v) is 5.71. The first-order chi connectivity index (χ1) is 8.44. The molecule has 18 heavy (non-hydrogen) atoms. The molecule has 5 heteroatoms. The molecule has 2 saturated carbocycles. The van der Waals surface area contributed by atoms with Crippen LogP contribution in [0.15, 0.2) is 0 Å². The van der Waals surface area contributed by atoms with Crippen LogP contribution in [0.25, 0.3) is 0 Å². The molecule has 2 aliphatic carbocycles. The third-order valence-electron chi connectivity index (χ3n) is 4.56. The van der Waals surface area contributed by atoms with Crippen LogP contribution >= 0.6 is 0 Å². The molecular weight excluding hydrogens is 243 g/mol. The molecule has 0 aromatic heterocycles. The predicted octanol–water partition coefficient (Wildman–Crippen LogP) is 3.40. The first-order valence-electron chi connectivity index (χ1n) is 6.88. The summed E-state index contributed by atoms with van der Waals surface area (Å²) in [5, 5.41) is 0. The number of hydrogen-bond donors (Lipinski definition) is 1. The summed E-state index contributed by atoms with van der Waals surface area (Å²) in [6.07, 6.45) is 1.91. The summed E-state index contributed by atoms with van der Waals surface area (Å²) in [5.74, 6) is 0. The third kappa shape index (κ3) is 2.99. The van der Waals surface area contributed by atoms with Gasteiger partial charge in [-0.25, -0.2) is 0 Å². The average molecular weight is 265 g/mol. The van der Waals surface area contributed by atoms with Crippen LogP contribution in [0, 0.1) is 5.41 Å². The van der Waals surface area contributed by atoms with Crippen molar-refractivity contribution in [3.05, 3.63) is 0 Å². The molecule has 2 atom stereocenters. The summed E-state index contributed by atoms with van der Waals surface area (Å²) >= 11 is 0. The minimum absolute atomic E-state index is 0.0608. The maximum atomic E-state index is 12.0. The molecule has 0 aromatic rings. The number of nitrogens with two attached hydrogens (primary N) is 1. The third-order valence-corrected chi connectivity index (χ3v) is 4.56. The quantitative estimate of drug-likeness (QED) is 0.791. The van der Waals surface area contributed by atoms with Gasteiger partial charge in [-0.15, -0.1) is 0 Å². The molecule has 0 aromatic carbocycles. The molecule has 0 saturated heterocycles. The maximum Gasteiger partial charge on any atom is 0.389 e. The van der Waals surface area contributed by atoms with E-state index in [4.69, 9.17) is 10.5 Å². The lowest BCUT2D eigenvalue weighted by molar-refractivity contribution is -0.159. The van der Waals surface area contributed by atoms with Crippen molar-refractivity contribution in [1.29, 1.82) is 0 Å². The Balaban J connectivity index is 1.73. The summed E-state index contributed by atoms with van der Waals surface area (Å²) in [6, 6.07) is 0.186. The van der Waals surface area contributed by atoms with E-state index >= 15 is 0 Å². The van der Waals surface area contributed by atoms with E-state index in [-0.39, 0.29) is 30.6 Å². The van der Waals surface area contributed by atoms with Crippen molar-refractivity contribution in [3.63, 3.8) is 0 Å². The highest BCUT2D eigenvalue weighted by molar-refractivity contribution is 5.07. The van der Waals surface area contributed by atoms with Crippen molar-refractivity contribution >= 4 is 0 Å². The molecule has 0 heterocycles. The Labute approximate surface area is 106 Å². The molecule has 2 rings (SSSR count). The zero-order chi connectivity index (χ0) is 13.2. The highest BCUT2D eigenvalue weighted by atomic mass is 19.4. The van der Waals surface area contributed by atoms with Crippen LogP contribution in [0.1, 0.15) is 51.4 Å². The molecule has 1 spiro atoms. The first-order valence-corrected chi connectivity index (χ1v) is 6.88. The van der Waals surface area contributed by atoms with Crippen molar-refractivity contribution < 1.29 is 17.9 Å². The maximum absolute atomic E-state index is 12.0. The van der Waals surface area contributed by atoms with Crippen LogP contribution in [-0.4, -0.2) is 24.9 Å². The molecule has 0 bridgehead atoms. The van der Waals surface area contributed by atoms with E-state index in [1.807, 2.05) is 0 Å². The van der Waals surface area contributed by atoms with E-state index in [0.717, 1.165) is 19.3 Å². The van der Waals surface area contributed by atoms with E-state index in [1.165, 1.54) is 19.3 Å². The van der Waals surface area contributed by atoms with Crippen LogP contribution in [0.5, 0.6) is 0 Å². The second-order valence-electron chi connectivity index (χ2n) is 5.71. The second kappa shape index (κ2) is 5.37. The topological polar surface area (TPSA) is 35.2 Å². The van der Waals surface area contributed by atoms with Crippen molar-refractivity contribution in [2.45, 2.75) is 69.7 Å². The van der Waals surface area contributed by atoms with Gasteiger partial charge in [-0.1, -0.05) is 19.3 Å². The van der Waals surface area contributed by atoms with E-state index in [1.54, 1.807) is 0 Å². The number of ether oxygens (including phenoxy) is 1. The average Bonchev–Trinajstić information content (AvgIpc) is 2.33. The van der Waals surface area contributed by atoms with Crippen LogP contribution in [0.4, 0.5) is 13.2 Å². The normalized spacial score (nSPS) is 31.3. The van der Waals surface area contributed by atoms with Gasteiger partial charge in [0.2, 0.25) is 0 Å². The Kier molecular flexibility index (Phi) is 4.22. The molecule has 0 amide bonds. The summed E-state index contributed by atoms with van der Waals surface area (Å²) in [5.41, 5.74) is 6.17. The van der Waals surface area contributed by atoms with Crippen molar-refractivity contribution in [2.75, 3.05) is 6.61 Å². The van der Waals surface area contributed by atoms with Crippen molar-refractivity contribution in [3.8, 4) is 0 Å². The largest absolute Gasteiger partial charge is 0.389 e. The summed E-state index contributed by atoms with van der Waals surface area (Å²) in [4.78, 5) is 0. The summed E-state index contributed by atoms with van der Waals surface area (Å²) in [7, 11) is 0. The van der Waals surface area contributed by atoms with Gasteiger partial charge in [-0.05, 0) is 25.7 Å². The van der Waals surface area contributed by atoms with Gasteiger partial charge in [-0.2, -0.15) is 13.2 Å². The van der Waals surface area contributed by atoms with Gasteiger partial charge in [0, 0.05) is 24.5 Å². The zero-order valence-electron chi connectivity index (χ0n) is 10.6. The Hall–Kier alpha value is -0.290. The lowest BCUT2D eigenvalue weighted by atomic mass is 9.55. The van der Waals surface area contributed by atoms with Gasteiger partial charge < -0.3 is 10.5 Å².